The molecule has 1 aromatic heterocycles. The third-order valence-electron chi connectivity index (χ3n) is 3.84. The fourth-order valence-corrected chi connectivity index (χ4v) is 4.05. The van der Waals surface area contributed by atoms with Crippen LogP contribution in [0, 0.1) is 11.6 Å². The quantitative estimate of drug-likeness (QED) is 0.811. The van der Waals surface area contributed by atoms with E-state index in [0.717, 1.165) is 28.8 Å². The second-order valence-electron chi connectivity index (χ2n) is 5.63. The first-order chi connectivity index (χ1) is 11.9. The summed E-state index contributed by atoms with van der Waals surface area (Å²) in [7, 11) is -3.76. The normalized spacial score (nSPS) is 16.1. The summed E-state index contributed by atoms with van der Waals surface area (Å²) in [5, 5.41) is 0. The maximum atomic E-state index is 13.3. The number of pyridine rings is 1. The van der Waals surface area contributed by atoms with Crippen LogP contribution in [0.3, 0.4) is 0 Å². The monoisotopic (exact) mass is 370 g/mol. The molecule has 3 rings (SSSR count). The molecule has 0 spiro atoms. The van der Waals surface area contributed by atoms with Crippen molar-refractivity contribution in [2.24, 2.45) is 0 Å². The number of hydrogen-bond donors (Lipinski definition) is 0. The minimum absolute atomic E-state index is 0.0501. The second kappa shape index (κ2) is 7.03. The van der Waals surface area contributed by atoms with Gasteiger partial charge in [0, 0.05) is 31.4 Å². The molecule has 0 aliphatic carbocycles. The minimum atomic E-state index is -3.76. The van der Waals surface area contributed by atoms with Gasteiger partial charge in [-0.25, -0.2) is 17.2 Å². The smallest absolute Gasteiger partial charge is 0.250 e. The van der Waals surface area contributed by atoms with Gasteiger partial charge in [0.15, 0.2) is 0 Å². The first-order valence-corrected chi connectivity index (χ1v) is 9.03. The molecule has 0 atom stereocenters. The summed E-state index contributed by atoms with van der Waals surface area (Å²) >= 11 is 0. The molecule has 25 heavy (non-hydrogen) atoms. The van der Waals surface area contributed by atoms with Crippen LogP contribution >= 0.6 is 0 Å². The molecule has 9 heteroatoms. The standard InChI is InChI=1S/C16H16F2N2O4S/c17-13-7-12(8-14(18)9-13)10-19-11-15(1-2-16(19)21)25(22,23)20-3-5-24-6-4-20/h1-2,7-9,11H,3-6,10H2. The lowest BCUT2D eigenvalue weighted by Crippen LogP contribution is -2.41. The van der Waals surface area contributed by atoms with Crippen molar-refractivity contribution >= 4 is 10.0 Å². The van der Waals surface area contributed by atoms with E-state index in [0.29, 0.717) is 13.2 Å². The number of nitrogens with zero attached hydrogens (tertiary/aromatic N) is 2. The zero-order valence-corrected chi connectivity index (χ0v) is 14.0. The molecule has 134 valence electrons. The molecule has 0 N–H and O–H groups in total. The van der Waals surface area contributed by atoms with Gasteiger partial charge in [-0.1, -0.05) is 0 Å². The Bertz CT molecular complexity index is 917. The molecule has 0 amide bonds. The molecule has 1 aromatic carbocycles. The summed E-state index contributed by atoms with van der Waals surface area (Å²) in [6.07, 6.45) is 1.19. The largest absolute Gasteiger partial charge is 0.379 e. The van der Waals surface area contributed by atoms with Gasteiger partial charge in [0.1, 0.15) is 11.6 Å². The van der Waals surface area contributed by atoms with Gasteiger partial charge in [-0.15, -0.1) is 0 Å². The van der Waals surface area contributed by atoms with Crippen LogP contribution in [0.1, 0.15) is 5.56 Å². The Balaban J connectivity index is 1.94. The van der Waals surface area contributed by atoms with Gasteiger partial charge in [0.25, 0.3) is 5.56 Å². The minimum Gasteiger partial charge on any atom is -0.379 e. The predicted octanol–water partition coefficient (Wildman–Crippen LogP) is 1.20. The molecule has 2 heterocycles. The van der Waals surface area contributed by atoms with E-state index in [1.807, 2.05) is 0 Å². The average molecular weight is 370 g/mol. The summed E-state index contributed by atoms with van der Waals surface area (Å²) in [5.41, 5.74) is -0.244. The van der Waals surface area contributed by atoms with Crippen LogP contribution in [-0.2, 0) is 21.3 Å². The van der Waals surface area contributed by atoms with Gasteiger partial charge >= 0.3 is 0 Å². The predicted molar refractivity (Wildman–Crippen MR) is 85.7 cm³/mol. The van der Waals surface area contributed by atoms with Crippen molar-refractivity contribution in [3.05, 3.63) is 64.1 Å². The Hall–Kier alpha value is -2.10. The Kier molecular flexibility index (Phi) is 4.98. The highest BCUT2D eigenvalue weighted by molar-refractivity contribution is 7.89. The number of aromatic nitrogens is 1. The number of sulfonamides is 1. The van der Waals surface area contributed by atoms with Crippen molar-refractivity contribution in [3.8, 4) is 0 Å². The topological polar surface area (TPSA) is 68.6 Å². The third kappa shape index (κ3) is 3.94. The number of rotatable bonds is 4. The fourth-order valence-electron chi connectivity index (χ4n) is 2.62. The number of morpholine rings is 1. The lowest BCUT2D eigenvalue weighted by atomic mass is 10.2. The van der Waals surface area contributed by atoms with Gasteiger partial charge in [-0.3, -0.25) is 4.79 Å². The van der Waals surface area contributed by atoms with E-state index in [4.69, 9.17) is 4.74 Å². The molecule has 1 saturated heterocycles. The summed E-state index contributed by atoms with van der Waals surface area (Å²) in [4.78, 5) is 11.9. The molecule has 0 radical (unpaired) electrons. The van der Waals surface area contributed by atoms with Crippen LogP contribution in [-0.4, -0.2) is 43.6 Å². The number of ether oxygens (including phenoxy) is 1. The van der Waals surface area contributed by atoms with Crippen molar-refractivity contribution in [2.45, 2.75) is 11.4 Å². The van der Waals surface area contributed by atoms with Crippen LogP contribution in [0.4, 0.5) is 8.78 Å². The van der Waals surface area contributed by atoms with E-state index in [-0.39, 0.29) is 30.1 Å². The molecule has 0 unspecified atom stereocenters. The zero-order valence-electron chi connectivity index (χ0n) is 13.2. The number of hydrogen-bond acceptors (Lipinski definition) is 4. The Morgan fingerprint density at radius 1 is 1.04 bits per heavy atom. The van der Waals surface area contributed by atoms with Gasteiger partial charge in [-0.2, -0.15) is 4.31 Å². The van der Waals surface area contributed by atoms with Crippen LogP contribution < -0.4 is 5.56 Å². The summed E-state index contributed by atoms with van der Waals surface area (Å²) in [6.45, 7) is 0.940. The first-order valence-electron chi connectivity index (χ1n) is 7.59. The first kappa shape index (κ1) is 17.7. The van der Waals surface area contributed by atoms with Gasteiger partial charge < -0.3 is 9.30 Å². The highest BCUT2D eigenvalue weighted by atomic mass is 32.2. The fraction of sp³-hybridized carbons (Fsp3) is 0.312. The molecule has 6 nitrogen and oxygen atoms in total. The average Bonchev–Trinajstić information content (AvgIpc) is 2.56. The van der Waals surface area contributed by atoms with E-state index < -0.39 is 27.2 Å². The number of halogens is 2. The van der Waals surface area contributed by atoms with Crippen LogP contribution in [0.15, 0.2) is 46.2 Å². The van der Waals surface area contributed by atoms with Crippen LogP contribution in [0.5, 0.6) is 0 Å². The third-order valence-corrected chi connectivity index (χ3v) is 5.72. The van der Waals surface area contributed by atoms with Crippen molar-refractivity contribution < 1.29 is 21.9 Å². The molecule has 0 bridgehead atoms. The Morgan fingerprint density at radius 2 is 1.68 bits per heavy atom. The molecule has 1 fully saturated rings. The molecule has 1 aliphatic heterocycles. The SMILES string of the molecule is O=c1ccc(S(=O)(=O)N2CCOCC2)cn1Cc1cc(F)cc(F)c1. The van der Waals surface area contributed by atoms with Crippen LogP contribution in [0.25, 0.3) is 0 Å². The van der Waals surface area contributed by atoms with E-state index >= 15 is 0 Å². The van der Waals surface area contributed by atoms with Gasteiger partial charge in [-0.05, 0) is 23.8 Å². The molecule has 1 aliphatic rings. The van der Waals surface area contributed by atoms with Crippen LogP contribution in [0.2, 0.25) is 0 Å². The summed E-state index contributed by atoms with van der Waals surface area (Å²) in [6, 6.07) is 5.28. The highest BCUT2D eigenvalue weighted by Gasteiger charge is 2.26. The van der Waals surface area contributed by atoms with Crippen molar-refractivity contribution in [3.63, 3.8) is 0 Å². The maximum Gasteiger partial charge on any atom is 0.250 e. The summed E-state index contributed by atoms with van der Waals surface area (Å²) < 4.78 is 59.4. The second-order valence-corrected chi connectivity index (χ2v) is 7.56. The van der Waals surface area contributed by atoms with Crippen molar-refractivity contribution in [1.82, 2.24) is 8.87 Å². The maximum absolute atomic E-state index is 13.3. The van der Waals surface area contributed by atoms with Crippen molar-refractivity contribution in [2.75, 3.05) is 26.3 Å². The zero-order chi connectivity index (χ0) is 18.0. The Labute approximate surface area is 143 Å². The highest BCUT2D eigenvalue weighted by Crippen LogP contribution is 2.16. The molecular formula is C16H16F2N2O4S. The molecule has 2 aromatic rings. The van der Waals surface area contributed by atoms with Gasteiger partial charge in [0.2, 0.25) is 10.0 Å². The van der Waals surface area contributed by atoms with E-state index in [1.165, 1.54) is 16.6 Å². The number of benzene rings is 1. The lowest BCUT2D eigenvalue weighted by molar-refractivity contribution is 0.0730. The molecule has 0 saturated carbocycles. The Morgan fingerprint density at radius 3 is 2.32 bits per heavy atom. The lowest BCUT2D eigenvalue weighted by Gasteiger charge is -2.26. The molecular weight excluding hydrogens is 354 g/mol. The van der Waals surface area contributed by atoms with E-state index in [1.54, 1.807) is 0 Å². The van der Waals surface area contributed by atoms with E-state index in [9.17, 15) is 22.0 Å². The van der Waals surface area contributed by atoms with Gasteiger partial charge in [0.05, 0.1) is 24.7 Å². The summed E-state index contributed by atoms with van der Waals surface area (Å²) in [5.74, 6) is -1.53. The van der Waals surface area contributed by atoms with Crippen molar-refractivity contribution in [1.29, 1.82) is 0 Å². The van der Waals surface area contributed by atoms with E-state index in [2.05, 4.69) is 0 Å².